The Bertz CT molecular complexity index is 1300. The summed E-state index contributed by atoms with van der Waals surface area (Å²) in [5.41, 5.74) is 4.22. The van der Waals surface area contributed by atoms with Crippen molar-refractivity contribution >= 4 is 26.8 Å². The standard InChI is InChI=1S/C21H23N5O3S/c1-30(28,29)14-6-3-12-9-16(23-15(12)10-14)19-18-17(24-25-19)11-26(21(18)7-2-8-21)20(27)22-13-4-5-13/h3,6,9-10,13,23H,2,4-5,7-8,11H2,1H3,(H,22,27)(H,24,25). The highest BCUT2D eigenvalue weighted by Crippen LogP contribution is 2.54. The van der Waals surface area contributed by atoms with Gasteiger partial charge in [-0.25, -0.2) is 13.2 Å². The number of carbonyl (C=O) groups is 1. The first-order valence-corrected chi connectivity index (χ1v) is 12.2. The number of nitrogens with one attached hydrogen (secondary N) is 3. The van der Waals surface area contributed by atoms with Crippen molar-refractivity contribution in [1.82, 2.24) is 25.4 Å². The maximum absolute atomic E-state index is 12.9. The number of rotatable bonds is 3. The van der Waals surface area contributed by atoms with E-state index in [9.17, 15) is 13.2 Å². The molecule has 1 aliphatic heterocycles. The fraction of sp³-hybridized carbons (Fsp3) is 0.429. The molecule has 1 aromatic carbocycles. The second-order valence-corrected chi connectivity index (χ2v) is 10.8. The summed E-state index contributed by atoms with van der Waals surface area (Å²) in [6, 6.07) is 7.44. The lowest BCUT2D eigenvalue weighted by Gasteiger charge is -2.46. The quantitative estimate of drug-likeness (QED) is 0.599. The zero-order chi connectivity index (χ0) is 20.7. The number of fused-ring (bicyclic) bond motifs is 3. The Hall–Kier alpha value is -2.81. The number of carbonyl (C=O) groups excluding carboxylic acids is 1. The van der Waals surface area contributed by atoms with Crippen molar-refractivity contribution in [3.05, 3.63) is 35.5 Å². The molecule has 9 heteroatoms. The number of nitrogens with zero attached hydrogens (tertiary/aromatic N) is 2. The van der Waals surface area contributed by atoms with Gasteiger partial charge in [0.05, 0.1) is 28.4 Å². The molecule has 0 bridgehead atoms. The maximum atomic E-state index is 12.9. The molecule has 30 heavy (non-hydrogen) atoms. The summed E-state index contributed by atoms with van der Waals surface area (Å²) in [5, 5.41) is 11.8. The second-order valence-electron chi connectivity index (χ2n) is 8.83. The van der Waals surface area contributed by atoms with E-state index in [1.165, 1.54) is 6.26 Å². The third-order valence-corrected chi connectivity index (χ3v) is 7.86. The van der Waals surface area contributed by atoms with Gasteiger partial charge >= 0.3 is 6.03 Å². The summed E-state index contributed by atoms with van der Waals surface area (Å²) in [6.07, 6.45) is 6.29. The van der Waals surface area contributed by atoms with Crippen LogP contribution in [-0.2, 0) is 21.9 Å². The van der Waals surface area contributed by atoms with E-state index >= 15 is 0 Å². The summed E-state index contributed by atoms with van der Waals surface area (Å²) in [6.45, 7) is 0.541. The number of aromatic nitrogens is 3. The number of hydrogen-bond acceptors (Lipinski definition) is 4. The van der Waals surface area contributed by atoms with Gasteiger partial charge in [0, 0.05) is 28.8 Å². The summed E-state index contributed by atoms with van der Waals surface area (Å²) >= 11 is 0. The molecule has 0 atom stereocenters. The normalized spacial score (nSPS) is 19.8. The molecular weight excluding hydrogens is 402 g/mol. The lowest BCUT2D eigenvalue weighted by Crippen LogP contribution is -2.53. The van der Waals surface area contributed by atoms with Gasteiger partial charge in [-0.3, -0.25) is 5.10 Å². The van der Waals surface area contributed by atoms with Crippen molar-refractivity contribution in [3.8, 4) is 11.4 Å². The Kier molecular flexibility index (Phi) is 3.52. The molecule has 2 saturated carbocycles. The fourth-order valence-corrected chi connectivity index (χ4v) is 5.52. The van der Waals surface area contributed by atoms with Crippen LogP contribution in [0, 0.1) is 0 Å². The van der Waals surface area contributed by atoms with Crippen molar-refractivity contribution in [1.29, 1.82) is 0 Å². The van der Waals surface area contributed by atoms with Gasteiger partial charge in [0.15, 0.2) is 9.84 Å². The van der Waals surface area contributed by atoms with E-state index in [0.717, 1.165) is 65.7 Å². The van der Waals surface area contributed by atoms with Crippen LogP contribution in [0.3, 0.4) is 0 Å². The molecule has 6 rings (SSSR count). The van der Waals surface area contributed by atoms with Crippen molar-refractivity contribution in [2.24, 2.45) is 0 Å². The average molecular weight is 426 g/mol. The fourth-order valence-electron chi connectivity index (χ4n) is 4.88. The predicted octanol–water partition coefficient (Wildman–Crippen LogP) is 3.03. The van der Waals surface area contributed by atoms with E-state index in [4.69, 9.17) is 0 Å². The second kappa shape index (κ2) is 5.87. The summed E-state index contributed by atoms with van der Waals surface area (Å²) < 4.78 is 23.8. The van der Waals surface area contributed by atoms with Crippen molar-refractivity contribution < 1.29 is 13.2 Å². The summed E-state index contributed by atoms with van der Waals surface area (Å²) in [7, 11) is -3.28. The summed E-state index contributed by atoms with van der Waals surface area (Å²) in [4.78, 5) is 18.5. The lowest BCUT2D eigenvalue weighted by atomic mass is 9.71. The van der Waals surface area contributed by atoms with Crippen LogP contribution in [-0.4, -0.2) is 46.8 Å². The minimum Gasteiger partial charge on any atom is -0.353 e. The van der Waals surface area contributed by atoms with Crippen LogP contribution in [0.5, 0.6) is 0 Å². The number of urea groups is 1. The van der Waals surface area contributed by atoms with Gasteiger partial charge < -0.3 is 15.2 Å². The first kappa shape index (κ1) is 18.0. The van der Waals surface area contributed by atoms with Crippen LogP contribution in [0.1, 0.15) is 43.4 Å². The minimum absolute atomic E-state index is 0.0159. The van der Waals surface area contributed by atoms with Crippen LogP contribution in [0.15, 0.2) is 29.2 Å². The largest absolute Gasteiger partial charge is 0.353 e. The van der Waals surface area contributed by atoms with Crippen LogP contribution >= 0.6 is 0 Å². The van der Waals surface area contributed by atoms with Gasteiger partial charge in [-0.2, -0.15) is 5.10 Å². The zero-order valence-electron chi connectivity index (χ0n) is 16.7. The molecule has 1 spiro atoms. The SMILES string of the molecule is CS(=O)(=O)c1ccc2cc(-c3n[nH]c4c3C3(CCC3)N(C(=O)NC3CC3)C4)[nH]c2c1. The Morgan fingerprint density at radius 1 is 1.27 bits per heavy atom. The van der Waals surface area contributed by atoms with Gasteiger partial charge in [0.25, 0.3) is 0 Å². The third kappa shape index (κ3) is 2.54. The molecule has 3 heterocycles. The van der Waals surface area contributed by atoms with Crippen molar-refractivity contribution in [2.75, 3.05) is 6.26 Å². The van der Waals surface area contributed by atoms with E-state index < -0.39 is 9.84 Å². The number of aromatic amines is 2. The molecule has 0 saturated heterocycles. The monoisotopic (exact) mass is 425 g/mol. The van der Waals surface area contributed by atoms with Gasteiger partial charge in [0.1, 0.15) is 5.69 Å². The van der Waals surface area contributed by atoms with Crippen LogP contribution < -0.4 is 5.32 Å². The highest BCUT2D eigenvalue weighted by atomic mass is 32.2. The zero-order valence-corrected chi connectivity index (χ0v) is 17.5. The molecule has 3 N–H and O–H groups in total. The molecule has 2 aromatic heterocycles. The van der Waals surface area contributed by atoms with Crippen molar-refractivity contribution in [2.45, 2.75) is 55.1 Å². The lowest BCUT2D eigenvalue weighted by molar-refractivity contribution is 0.0556. The van der Waals surface area contributed by atoms with Gasteiger partial charge in [-0.05, 0) is 50.3 Å². The molecule has 2 fully saturated rings. The van der Waals surface area contributed by atoms with Crippen molar-refractivity contribution in [3.63, 3.8) is 0 Å². The molecule has 3 aliphatic rings. The van der Waals surface area contributed by atoms with E-state index in [2.05, 4.69) is 20.5 Å². The third-order valence-electron chi connectivity index (χ3n) is 6.75. The molecule has 156 valence electrons. The van der Waals surface area contributed by atoms with E-state index in [0.29, 0.717) is 12.6 Å². The maximum Gasteiger partial charge on any atom is 0.318 e. The van der Waals surface area contributed by atoms with Crippen LogP contribution in [0.2, 0.25) is 0 Å². The van der Waals surface area contributed by atoms with Gasteiger partial charge in [-0.1, -0.05) is 6.07 Å². The average Bonchev–Trinajstić information content (AvgIpc) is 3.11. The Balaban J connectivity index is 1.41. The van der Waals surface area contributed by atoms with Crippen LogP contribution in [0.25, 0.3) is 22.3 Å². The Morgan fingerprint density at radius 3 is 2.73 bits per heavy atom. The summed E-state index contributed by atoms with van der Waals surface area (Å²) in [5.74, 6) is 0. The number of H-pyrrole nitrogens is 2. The number of hydrogen-bond donors (Lipinski definition) is 3. The minimum atomic E-state index is -3.28. The van der Waals surface area contributed by atoms with Gasteiger partial charge in [0.2, 0.25) is 0 Å². The Morgan fingerprint density at radius 2 is 2.07 bits per heavy atom. The molecular formula is C21H23N5O3S. The number of benzene rings is 1. The number of sulfone groups is 1. The smallest absolute Gasteiger partial charge is 0.318 e. The first-order chi connectivity index (χ1) is 14.3. The van der Waals surface area contributed by atoms with Crippen LogP contribution in [0.4, 0.5) is 4.79 Å². The Labute approximate surface area is 174 Å². The van der Waals surface area contributed by atoms with E-state index in [1.807, 2.05) is 17.0 Å². The molecule has 0 radical (unpaired) electrons. The number of amides is 2. The molecule has 0 unspecified atom stereocenters. The van der Waals surface area contributed by atoms with E-state index in [1.54, 1.807) is 12.1 Å². The molecule has 8 nitrogen and oxygen atoms in total. The predicted molar refractivity (Wildman–Crippen MR) is 112 cm³/mol. The molecule has 2 aliphatic carbocycles. The highest BCUT2D eigenvalue weighted by Gasteiger charge is 2.54. The van der Waals surface area contributed by atoms with Gasteiger partial charge in [-0.15, -0.1) is 0 Å². The van der Waals surface area contributed by atoms with E-state index in [-0.39, 0.29) is 16.5 Å². The highest BCUT2D eigenvalue weighted by molar-refractivity contribution is 7.90. The molecule has 3 aromatic rings. The first-order valence-electron chi connectivity index (χ1n) is 10.3. The molecule has 2 amide bonds. The topological polar surface area (TPSA) is 111 Å².